The number of nitrogens with zero attached hydrogens (tertiary/aromatic N) is 1. The molecule has 0 aliphatic rings. The largest absolute Gasteiger partial charge is 0.326 e. The van der Waals surface area contributed by atoms with Crippen LogP contribution < -0.4 is 9.62 Å². The van der Waals surface area contributed by atoms with Crippen molar-refractivity contribution in [2.75, 3.05) is 22.4 Å². The van der Waals surface area contributed by atoms with E-state index in [0.717, 1.165) is 11.1 Å². The second-order valence-corrected chi connectivity index (χ2v) is 8.62. The van der Waals surface area contributed by atoms with Crippen LogP contribution in [0.4, 0.5) is 11.4 Å². The smallest absolute Gasteiger partial charge is 0.232 e. The van der Waals surface area contributed by atoms with E-state index in [-0.39, 0.29) is 24.8 Å². The van der Waals surface area contributed by atoms with Crippen molar-refractivity contribution in [3.63, 3.8) is 0 Å². The van der Waals surface area contributed by atoms with Crippen LogP contribution in [0, 0.1) is 6.92 Å². The summed E-state index contributed by atoms with van der Waals surface area (Å²) in [6.07, 6.45) is 1.25. The quantitative estimate of drug-likeness (QED) is 0.799. The van der Waals surface area contributed by atoms with Crippen molar-refractivity contribution in [2.45, 2.75) is 33.1 Å². The van der Waals surface area contributed by atoms with Gasteiger partial charge in [0.25, 0.3) is 0 Å². The lowest BCUT2D eigenvalue weighted by Gasteiger charge is -2.26. The maximum atomic E-state index is 12.3. The van der Waals surface area contributed by atoms with Gasteiger partial charge in [-0.05, 0) is 42.2 Å². The number of benzene rings is 2. The number of anilines is 2. The third-order valence-corrected chi connectivity index (χ3v) is 5.25. The van der Waals surface area contributed by atoms with Crippen molar-refractivity contribution in [3.05, 3.63) is 59.7 Å². The summed E-state index contributed by atoms with van der Waals surface area (Å²) < 4.78 is 26.0. The first-order valence-corrected chi connectivity index (χ1v) is 10.5. The molecular weight excluding hydrogens is 348 g/mol. The van der Waals surface area contributed by atoms with Crippen LogP contribution in [0.3, 0.4) is 0 Å². The summed E-state index contributed by atoms with van der Waals surface area (Å²) in [4.78, 5) is 12.3. The molecule has 0 saturated carbocycles. The van der Waals surface area contributed by atoms with Gasteiger partial charge >= 0.3 is 0 Å². The predicted octanol–water partition coefficient (Wildman–Crippen LogP) is 3.91. The van der Waals surface area contributed by atoms with E-state index < -0.39 is 10.0 Å². The van der Waals surface area contributed by atoms with E-state index in [4.69, 9.17) is 0 Å². The van der Waals surface area contributed by atoms with Crippen LogP contribution in [0.25, 0.3) is 0 Å². The number of hydrogen-bond donors (Lipinski definition) is 1. The van der Waals surface area contributed by atoms with Gasteiger partial charge in [0.1, 0.15) is 0 Å². The van der Waals surface area contributed by atoms with Gasteiger partial charge in [-0.3, -0.25) is 9.10 Å². The monoisotopic (exact) mass is 374 g/mol. The summed E-state index contributed by atoms with van der Waals surface area (Å²) in [5, 5.41) is 2.82. The molecule has 2 rings (SSSR count). The number of amides is 1. The number of rotatable bonds is 7. The van der Waals surface area contributed by atoms with Gasteiger partial charge in [0, 0.05) is 18.7 Å². The van der Waals surface area contributed by atoms with Crippen molar-refractivity contribution in [3.8, 4) is 0 Å². The molecular formula is C20H26N2O3S. The molecule has 1 N–H and O–H groups in total. The summed E-state index contributed by atoms with van der Waals surface area (Å²) in [6.45, 7) is 6.08. The standard InChI is InChI=1S/C20H26N2O3S/c1-15(2)18-10-5-6-11-19(18)22(26(4,24)25)13-12-20(23)21-17-9-7-8-16(3)14-17/h5-11,14-15H,12-13H2,1-4H3,(H,21,23). The Morgan fingerprint density at radius 1 is 1.12 bits per heavy atom. The summed E-state index contributed by atoms with van der Waals surface area (Å²) in [5.41, 5.74) is 3.33. The zero-order valence-corrected chi connectivity index (χ0v) is 16.5. The Hall–Kier alpha value is -2.34. The first-order valence-electron chi connectivity index (χ1n) is 8.61. The Morgan fingerprint density at radius 2 is 1.81 bits per heavy atom. The highest BCUT2D eigenvalue weighted by molar-refractivity contribution is 7.92. The van der Waals surface area contributed by atoms with Crippen LogP contribution in [0.2, 0.25) is 0 Å². The first kappa shape index (κ1) is 20.0. The number of para-hydroxylation sites is 1. The zero-order valence-electron chi connectivity index (χ0n) is 15.7. The molecule has 2 aromatic carbocycles. The molecule has 26 heavy (non-hydrogen) atoms. The molecule has 0 heterocycles. The van der Waals surface area contributed by atoms with Gasteiger partial charge in [-0.1, -0.05) is 44.2 Å². The number of nitrogens with one attached hydrogen (secondary N) is 1. The average molecular weight is 375 g/mol. The van der Waals surface area contributed by atoms with E-state index in [9.17, 15) is 13.2 Å². The molecule has 140 valence electrons. The Balaban J connectivity index is 2.16. The highest BCUT2D eigenvalue weighted by Gasteiger charge is 2.22. The fourth-order valence-electron chi connectivity index (χ4n) is 2.82. The second kappa shape index (κ2) is 8.36. The van der Waals surface area contributed by atoms with E-state index in [1.54, 1.807) is 6.07 Å². The van der Waals surface area contributed by atoms with E-state index in [0.29, 0.717) is 11.4 Å². The molecule has 0 saturated heterocycles. The Morgan fingerprint density at radius 3 is 2.42 bits per heavy atom. The van der Waals surface area contributed by atoms with Crippen molar-refractivity contribution >= 4 is 27.3 Å². The maximum Gasteiger partial charge on any atom is 0.232 e. The normalized spacial score (nSPS) is 11.4. The van der Waals surface area contributed by atoms with Crippen molar-refractivity contribution < 1.29 is 13.2 Å². The number of hydrogen-bond acceptors (Lipinski definition) is 3. The van der Waals surface area contributed by atoms with Crippen LogP contribution in [0.1, 0.15) is 37.3 Å². The molecule has 1 amide bonds. The Bertz CT molecular complexity index is 876. The zero-order chi connectivity index (χ0) is 19.3. The minimum Gasteiger partial charge on any atom is -0.326 e. The molecule has 2 aromatic rings. The van der Waals surface area contributed by atoms with E-state index in [1.165, 1.54) is 10.6 Å². The third kappa shape index (κ3) is 5.33. The maximum absolute atomic E-state index is 12.3. The molecule has 6 heteroatoms. The first-order chi connectivity index (χ1) is 12.2. The Labute approximate surface area is 156 Å². The fraction of sp³-hybridized carbons (Fsp3) is 0.350. The molecule has 0 aliphatic heterocycles. The molecule has 0 radical (unpaired) electrons. The Kier molecular flexibility index (Phi) is 6.42. The van der Waals surface area contributed by atoms with E-state index in [2.05, 4.69) is 5.32 Å². The highest BCUT2D eigenvalue weighted by atomic mass is 32.2. The van der Waals surface area contributed by atoms with Crippen LogP contribution in [-0.4, -0.2) is 27.1 Å². The number of aryl methyl sites for hydroxylation is 1. The molecule has 0 atom stereocenters. The van der Waals surface area contributed by atoms with Gasteiger partial charge in [0.05, 0.1) is 11.9 Å². The van der Waals surface area contributed by atoms with Crippen LogP contribution >= 0.6 is 0 Å². The minimum absolute atomic E-state index is 0.0768. The predicted molar refractivity (Wildman–Crippen MR) is 107 cm³/mol. The van der Waals surface area contributed by atoms with E-state index >= 15 is 0 Å². The molecule has 0 fully saturated rings. The van der Waals surface area contributed by atoms with Gasteiger partial charge in [0.2, 0.25) is 15.9 Å². The molecule has 0 unspecified atom stereocenters. The van der Waals surface area contributed by atoms with Gasteiger partial charge in [0.15, 0.2) is 0 Å². The van der Waals surface area contributed by atoms with Gasteiger partial charge < -0.3 is 5.32 Å². The highest BCUT2D eigenvalue weighted by Crippen LogP contribution is 2.29. The van der Waals surface area contributed by atoms with Crippen LogP contribution in [0.15, 0.2) is 48.5 Å². The third-order valence-electron chi connectivity index (χ3n) is 4.07. The average Bonchev–Trinajstić information content (AvgIpc) is 2.54. The lowest BCUT2D eigenvalue weighted by molar-refractivity contribution is -0.116. The number of sulfonamides is 1. The number of carbonyl (C=O) groups is 1. The summed E-state index contributed by atoms with van der Waals surface area (Å²) in [5.74, 6) is -0.0390. The van der Waals surface area contributed by atoms with Crippen LogP contribution in [0.5, 0.6) is 0 Å². The fourth-order valence-corrected chi connectivity index (χ4v) is 3.76. The van der Waals surface area contributed by atoms with Crippen molar-refractivity contribution in [1.82, 2.24) is 0 Å². The second-order valence-electron chi connectivity index (χ2n) is 6.72. The van der Waals surface area contributed by atoms with Crippen LogP contribution in [-0.2, 0) is 14.8 Å². The number of carbonyl (C=O) groups excluding carboxylic acids is 1. The van der Waals surface area contributed by atoms with Gasteiger partial charge in [-0.25, -0.2) is 8.42 Å². The van der Waals surface area contributed by atoms with Crippen molar-refractivity contribution in [1.29, 1.82) is 0 Å². The topological polar surface area (TPSA) is 66.5 Å². The lowest BCUT2D eigenvalue weighted by Crippen LogP contribution is -2.33. The molecule has 0 aromatic heterocycles. The molecule has 0 aliphatic carbocycles. The summed E-state index contributed by atoms with van der Waals surface area (Å²) in [6, 6.07) is 14.9. The summed E-state index contributed by atoms with van der Waals surface area (Å²) >= 11 is 0. The van der Waals surface area contributed by atoms with E-state index in [1.807, 2.05) is 63.2 Å². The lowest BCUT2D eigenvalue weighted by atomic mass is 10.0. The molecule has 0 spiro atoms. The van der Waals surface area contributed by atoms with Crippen molar-refractivity contribution in [2.24, 2.45) is 0 Å². The molecule has 5 nitrogen and oxygen atoms in total. The minimum atomic E-state index is -3.50. The summed E-state index contributed by atoms with van der Waals surface area (Å²) in [7, 11) is -3.50. The molecule has 0 bridgehead atoms. The van der Waals surface area contributed by atoms with Gasteiger partial charge in [-0.2, -0.15) is 0 Å². The van der Waals surface area contributed by atoms with Gasteiger partial charge in [-0.15, -0.1) is 0 Å². The SMILES string of the molecule is Cc1cccc(NC(=O)CCN(c2ccccc2C(C)C)S(C)(=O)=O)c1.